The molecule has 0 aliphatic heterocycles. The predicted octanol–water partition coefficient (Wildman–Crippen LogP) is 5.61. The highest BCUT2D eigenvalue weighted by Gasteiger charge is 2.22. The predicted molar refractivity (Wildman–Crippen MR) is 121 cm³/mol. The van der Waals surface area contributed by atoms with E-state index in [9.17, 15) is 9.59 Å². The van der Waals surface area contributed by atoms with Crippen molar-refractivity contribution in [2.24, 2.45) is 0 Å². The highest BCUT2D eigenvalue weighted by atomic mass is 16.6. The van der Waals surface area contributed by atoms with Crippen molar-refractivity contribution >= 4 is 12.1 Å². The molecule has 6 nitrogen and oxygen atoms in total. The molecule has 6 heteroatoms. The number of carbonyl (C=O) groups is 2. The molecule has 2 rings (SSSR count). The monoisotopic (exact) mass is 426 g/mol. The quantitative estimate of drug-likeness (QED) is 0.365. The van der Waals surface area contributed by atoms with Crippen molar-refractivity contribution in [2.45, 2.75) is 65.0 Å². The van der Waals surface area contributed by atoms with Crippen LogP contribution in [-0.4, -0.2) is 41.2 Å². The van der Waals surface area contributed by atoms with Gasteiger partial charge in [0.1, 0.15) is 5.60 Å². The van der Waals surface area contributed by atoms with Gasteiger partial charge in [0.15, 0.2) is 0 Å². The largest absolute Gasteiger partial charge is 0.469 e. The van der Waals surface area contributed by atoms with Gasteiger partial charge in [0.05, 0.1) is 12.8 Å². The van der Waals surface area contributed by atoms with Gasteiger partial charge >= 0.3 is 12.1 Å². The number of carbonyl (C=O) groups excluding carboxylic acids is 2. The Morgan fingerprint density at radius 1 is 0.968 bits per heavy atom. The van der Waals surface area contributed by atoms with Crippen LogP contribution in [0.15, 0.2) is 48.7 Å². The van der Waals surface area contributed by atoms with Crippen LogP contribution in [-0.2, 0) is 20.8 Å². The van der Waals surface area contributed by atoms with Crippen LogP contribution in [0.1, 0.15) is 58.4 Å². The maximum atomic E-state index is 12.7. The van der Waals surface area contributed by atoms with Crippen molar-refractivity contribution in [1.29, 1.82) is 0 Å². The number of ether oxygens (including phenoxy) is 2. The lowest BCUT2D eigenvalue weighted by Crippen LogP contribution is -2.37. The summed E-state index contributed by atoms with van der Waals surface area (Å²) in [4.78, 5) is 30.1. The summed E-state index contributed by atoms with van der Waals surface area (Å²) < 4.78 is 10.3. The van der Waals surface area contributed by atoms with E-state index in [0.29, 0.717) is 19.5 Å². The molecule has 0 saturated heterocycles. The second kappa shape index (κ2) is 12.1. The first-order valence-corrected chi connectivity index (χ1v) is 10.8. The Hall–Kier alpha value is -2.89. The van der Waals surface area contributed by atoms with Gasteiger partial charge in [-0.25, -0.2) is 4.79 Å². The van der Waals surface area contributed by atoms with Crippen LogP contribution in [0.3, 0.4) is 0 Å². The zero-order valence-corrected chi connectivity index (χ0v) is 19.1. The molecule has 0 spiro atoms. The van der Waals surface area contributed by atoms with Gasteiger partial charge in [-0.15, -0.1) is 0 Å². The minimum absolute atomic E-state index is 0.176. The number of pyridine rings is 1. The highest BCUT2D eigenvalue weighted by molar-refractivity contribution is 5.69. The number of esters is 1. The Balaban J connectivity index is 1.94. The number of nitrogens with zero attached hydrogens (tertiary/aromatic N) is 2. The van der Waals surface area contributed by atoms with E-state index in [2.05, 4.69) is 9.72 Å². The number of hydrogen-bond acceptors (Lipinski definition) is 5. The standard InChI is InChI=1S/C25H34N2O4/c1-25(2,3)31-24(29)27(18-10-6-5-7-12-23(28)30-4)19-20-13-15-21(16-14-20)22-11-8-9-17-26-22/h8-9,11,13-17H,5-7,10,12,18-19H2,1-4H3. The molecule has 1 amide bonds. The molecular formula is C25H34N2O4. The summed E-state index contributed by atoms with van der Waals surface area (Å²) >= 11 is 0. The minimum Gasteiger partial charge on any atom is -0.469 e. The summed E-state index contributed by atoms with van der Waals surface area (Å²) in [5, 5.41) is 0. The fourth-order valence-corrected chi connectivity index (χ4v) is 3.12. The van der Waals surface area contributed by atoms with Crippen molar-refractivity contribution in [3.63, 3.8) is 0 Å². The van der Waals surface area contributed by atoms with E-state index in [-0.39, 0.29) is 12.1 Å². The Morgan fingerprint density at radius 3 is 2.29 bits per heavy atom. The van der Waals surface area contributed by atoms with E-state index >= 15 is 0 Å². The first-order chi connectivity index (χ1) is 14.8. The zero-order valence-electron chi connectivity index (χ0n) is 19.1. The van der Waals surface area contributed by atoms with Gasteiger partial charge < -0.3 is 14.4 Å². The van der Waals surface area contributed by atoms with E-state index in [1.165, 1.54) is 7.11 Å². The summed E-state index contributed by atoms with van der Waals surface area (Å²) in [5.41, 5.74) is 2.46. The van der Waals surface area contributed by atoms with E-state index < -0.39 is 5.60 Å². The Bertz CT molecular complexity index is 814. The molecule has 0 bridgehead atoms. The molecule has 1 heterocycles. The Kier molecular flexibility index (Phi) is 9.50. The Morgan fingerprint density at radius 2 is 1.68 bits per heavy atom. The topological polar surface area (TPSA) is 68.7 Å². The SMILES string of the molecule is COC(=O)CCCCCCN(Cc1ccc(-c2ccccn2)cc1)C(=O)OC(C)(C)C. The lowest BCUT2D eigenvalue weighted by atomic mass is 10.1. The van der Waals surface area contributed by atoms with Gasteiger partial charge in [-0.1, -0.05) is 43.2 Å². The van der Waals surface area contributed by atoms with Gasteiger partial charge in [0, 0.05) is 31.3 Å². The van der Waals surface area contributed by atoms with Crippen LogP contribution < -0.4 is 0 Å². The highest BCUT2D eigenvalue weighted by Crippen LogP contribution is 2.19. The molecule has 0 radical (unpaired) electrons. The maximum Gasteiger partial charge on any atom is 0.410 e. The van der Waals surface area contributed by atoms with Crippen LogP contribution in [0.5, 0.6) is 0 Å². The molecule has 1 aromatic heterocycles. The number of aromatic nitrogens is 1. The molecule has 0 unspecified atom stereocenters. The van der Waals surface area contributed by atoms with Crippen LogP contribution in [0.25, 0.3) is 11.3 Å². The van der Waals surface area contributed by atoms with Gasteiger partial charge in [-0.05, 0) is 51.3 Å². The fourth-order valence-electron chi connectivity index (χ4n) is 3.12. The smallest absolute Gasteiger partial charge is 0.410 e. The molecule has 0 aliphatic rings. The second-order valence-electron chi connectivity index (χ2n) is 8.55. The molecule has 0 fully saturated rings. The minimum atomic E-state index is -0.543. The summed E-state index contributed by atoms with van der Waals surface area (Å²) in [6.45, 7) is 6.71. The van der Waals surface area contributed by atoms with Crippen LogP contribution in [0.2, 0.25) is 0 Å². The van der Waals surface area contributed by atoms with Gasteiger partial charge in [0.2, 0.25) is 0 Å². The lowest BCUT2D eigenvalue weighted by molar-refractivity contribution is -0.140. The van der Waals surface area contributed by atoms with Gasteiger partial charge in [-0.3, -0.25) is 9.78 Å². The van der Waals surface area contributed by atoms with Crippen LogP contribution in [0.4, 0.5) is 4.79 Å². The third-order valence-electron chi connectivity index (χ3n) is 4.73. The van der Waals surface area contributed by atoms with Gasteiger partial charge in [-0.2, -0.15) is 0 Å². The van der Waals surface area contributed by atoms with E-state index in [0.717, 1.165) is 42.5 Å². The Labute approximate surface area is 185 Å². The van der Waals surface area contributed by atoms with E-state index in [4.69, 9.17) is 4.74 Å². The molecule has 2 aromatic rings. The summed E-state index contributed by atoms with van der Waals surface area (Å²) in [6, 6.07) is 13.9. The number of rotatable bonds is 10. The van der Waals surface area contributed by atoms with Crippen molar-refractivity contribution in [2.75, 3.05) is 13.7 Å². The summed E-state index contributed by atoms with van der Waals surface area (Å²) in [6.07, 6.45) is 5.43. The average Bonchev–Trinajstić information content (AvgIpc) is 2.75. The van der Waals surface area contributed by atoms with Crippen LogP contribution in [0, 0.1) is 0 Å². The second-order valence-corrected chi connectivity index (χ2v) is 8.55. The number of benzene rings is 1. The molecule has 168 valence electrons. The van der Waals surface area contributed by atoms with E-state index in [1.54, 1.807) is 11.1 Å². The third-order valence-corrected chi connectivity index (χ3v) is 4.73. The molecule has 0 saturated carbocycles. The van der Waals surface area contributed by atoms with Crippen molar-refractivity contribution in [3.05, 3.63) is 54.2 Å². The first-order valence-electron chi connectivity index (χ1n) is 10.8. The average molecular weight is 427 g/mol. The fraction of sp³-hybridized carbons (Fsp3) is 0.480. The molecule has 0 aliphatic carbocycles. The lowest BCUT2D eigenvalue weighted by Gasteiger charge is -2.27. The van der Waals surface area contributed by atoms with Crippen LogP contribution >= 0.6 is 0 Å². The van der Waals surface area contributed by atoms with Crippen molar-refractivity contribution in [1.82, 2.24) is 9.88 Å². The first kappa shape index (κ1) is 24.4. The zero-order chi connectivity index (χ0) is 22.7. The molecule has 0 atom stereocenters. The van der Waals surface area contributed by atoms with E-state index in [1.807, 2.05) is 63.2 Å². The van der Waals surface area contributed by atoms with Gasteiger partial charge in [0.25, 0.3) is 0 Å². The molecule has 31 heavy (non-hydrogen) atoms. The molecular weight excluding hydrogens is 392 g/mol. The number of unbranched alkanes of at least 4 members (excludes halogenated alkanes) is 3. The third kappa shape index (κ3) is 9.20. The molecule has 0 N–H and O–H groups in total. The summed E-state index contributed by atoms with van der Waals surface area (Å²) in [5.74, 6) is -0.176. The number of hydrogen-bond donors (Lipinski definition) is 0. The summed E-state index contributed by atoms with van der Waals surface area (Å²) in [7, 11) is 1.41. The molecule has 1 aromatic carbocycles. The number of methoxy groups -OCH3 is 1. The van der Waals surface area contributed by atoms with Crippen molar-refractivity contribution in [3.8, 4) is 11.3 Å². The number of amides is 1. The normalized spacial score (nSPS) is 11.1. The van der Waals surface area contributed by atoms with Crippen molar-refractivity contribution < 1.29 is 19.1 Å². The maximum absolute atomic E-state index is 12.7.